The smallest absolute Gasteiger partial charge is 0.255 e. The second-order valence-corrected chi connectivity index (χ2v) is 9.15. The Morgan fingerprint density at radius 2 is 1.84 bits per heavy atom. The molecule has 9 nitrogen and oxygen atoms in total. The number of benzene rings is 3. The lowest BCUT2D eigenvalue weighted by Gasteiger charge is -2.24. The van der Waals surface area contributed by atoms with Gasteiger partial charge in [0, 0.05) is 18.2 Å². The predicted molar refractivity (Wildman–Crippen MR) is 138 cm³/mol. The van der Waals surface area contributed by atoms with Crippen molar-refractivity contribution in [2.45, 2.75) is 12.8 Å². The molecule has 0 aliphatic carbocycles. The van der Waals surface area contributed by atoms with Crippen LogP contribution in [0.3, 0.4) is 0 Å². The number of nitrogens with zero attached hydrogens (tertiary/aromatic N) is 3. The molecule has 0 saturated carbocycles. The van der Waals surface area contributed by atoms with Crippen molar-refractivity contribution in [3.63, 3.8) is 0 Å². The zero-order chi connectivity index (χ0) is 26.4. The van der Waals surface area contributed by atoms with Crippen molar-refractivity contribution >= 4 is 33.4 Å². The number of carbonyl (C=O) groups excluding carboxylic acids is 1. The van der Waals surface area contributed by atoms with E-state index in [1.54, 1.807) is 12.1 Å². The Morgan fingerprint density at radius 1 is 1.11 bits per heavy atom. The molecule has 1 heterocycles. The quantitative estimate of drug-likeness (QED) is 0.100. The molecule has 1 amide bonds. The molecule has 0 fully saturated rings. The van der Waals surface area contributed by atoms with Gasteiger partial charge in [0.2, 0.25) is 5.84 Å². The third kappa shape index (κ3) is 5.95. The van der Waals surface area contributed by atoms with Crippen LogP contribution in [0.25, 0.3) is 0 Å². The van der Waals surface area contributed by atoms with Crippen LogP contribution in [0.1, 0.15) is 40.2 Å². The Morgan fingerprint density at radius 3 is 2.54 bits per heavy atom. The van der Waals surface area contributed by atoms with Gasteiger partial charge in [-0.25, -0.2) is 9.02 Å². The van der Waals surface area contributed by atoms with Crippen LogP contribution in [0.4, 0.5) is 10.1 Å². The van der Waals surface area contributed by atoms with Crippen LogP contribution in [0.5, 0.6) is 5.75 Å². The fourth-order valence-corrected chi connectivity index (χ4v) is 4.33. The van der Waals surface area contributed by atoms with E-state index >= 15 is 0 Å². The zero-order valence-corrected chi connectivity index (χ0v) is 21.2. The van der Waals surface area contributed by atoms with Gasteiger partial charge in [-0.1, -0.05) is 59.7 Å². The number of amides is 1. The van der Waals surface area contributed by atoms with Gasteiger partial charge in [0.05, 0.1) is 10.0 Å². The Balaban J connectivity index is 1.62. The fraction of sp³-hybridized carbons (Fsp3) is 0.154. The molecular formula is C26H23BrFN5O4. The van der Waals surface area contributed by atoms with Gasteiger partial charge in [-0.05, 0) is 62.9 Å². The summed E-state index contributed by atoms with van der Waals surface area (Å²) in [6.45, 7) is 2.14. The third-order valence-corrected chi connectivity index (χ3v) is 6.38. The monoisotopic (exact) mass is 567 g/mol. The number of nitrogens with one attached hydrogen (secondary N) is 2. The van der Waals surface area contributed by atoms with Crippen LogP contribution in [0, 0.1) is 11.7 Å². The highest BCUT2D eigenvalue weighted by Gasteiger charge is 2.31. The highest BCUT2D eigenvalue weighted by atomic mass is 79.9. The largest absolute Gasteiger partial charge is 0.507 e. The van der Waals surface area contributed by atoms with E-state index in [9.17, 15) is 19.5 Å². The highest BCUT2D eigenvalue weighted by Crippen LogP contribution is 2.33. The average molecular weight is 568 g/mol. The summed E-state index contributed by atoms with van der Waals surface area (Å²) in [4.78, 5) is 12.7. The van der Waals surface area contributed by atoms with Crippen molar-refractivity contribution in [2.75, 3.05) is 11.9 Å². The topological polar surface area (TPSA) is 133 Å². The molecule has 190 valence electrons. The van der Waals surface area contributed by atoms with Crippen molar-refractivity contribution in [1.29, 1.82) is 0 Å². The second-order valence-electron chi connectivity index (χ2n) is 8.29. The van der Waals surface area contributed by atoms with Crippen LogP contribution in [-0.2, 0) is 0 Å². The summed E-state index contributed by atoms with van der Waals surface area (Å²) in [7, 11) is 0. The van der Waals surface area contributed by atoms with Crippen molar-refractivity contribution in [2.24, 2.45) is 11.1 Å². The zero-order valence-electron chi connectivity index (χ0n) is 19.6. The lowest BCUT2D eigenvalue weighted by Crippen LogP contribution is -2.32. The number of phenols is 1. The summed E-state index contributed by atoms with van der Waals surface area (Å²) >= 11 is 3.13. The van der Waals surface area contributed by atoms with Gasteiger partial charge >= 0.3 is 0 Å². The number of para-hydroxylation sites is 1. The molecule has 4 rings (SSSR count). The van der Waals surface area contributed by atoms with Crippen LogP contribution in [0.15, 0.2) is 87.1 Å². The van der Waals surface area contributed by atoms with Gasteiger partial charge in [-0.3, -0.25) is 4.79 Å². The summed E-state index contributed by atoms with van der Waals surface area (Å²) in [5.41, 5.74) is 1.99. The van der Waals surface area contributed by atoms with E-state index in [0.29, 0.717) is 11.4 Å². The molecule has 0 aliphatic heterocycles. The Hall–Kier alpha value is -4.25. The average Bonchev–Trinajstić information content (AvgIpc) is 3.38. The molecule has 0 bridgehead atoms. The number of halogens is 2. The van der Waals surface area contributed by atoms with Gasteiger partial charge in [0.25, 0.3) is 5.91 Å². The van der Waals surface area contributed by atoms with Crippen LogP contribution >= 0.6 is 15.9 Å². The minimum Gasteiger partial charge on any atom is -0.507 e. The first-order chi connectivity index (χ1) is 17.9. The Bertz CT molecular complexity index is 1410. The number of oxime groups is 1. The standard InChI is InChI=1S/C26H23BrFN5O4/c1-15(14-29-26(35)18-9-5-6-10-21(18)34)22(16-7-3-2-4-8-16)23-24(33-37-32-23)25(31-36)30-17-11-12-20(28)19(27)13-17/h2-13,15,22,34,36H,14H2,1H3,(H,29,35)(H,30,31). The number of hydrogen-bond donors (Lipinski definition) is 4. The normalized spacial score (nSPS) is 13.1. The molecule has 11 heteroatoms. The number of hydrogen-bond acceptors (Lipinski definition) is 7. The molecule has 2 atom stereocenters. The van der Waals surface area contributed by atoms with E-state index in [2.05, 4.69) is 42.0 Å². The molecule has 0 saturated heterocycles. The minimum atomic E-state index is -0.444. The van der Waals surface area contributed by atoms with Crippen molar-refractivity contribution in [1.82, 2.24) is 15.6 Å². The SMILES string of the molecule is CC(CNC(=O)c1ccccc1O)C(c1ccccc1)c1nonc1C(=NO)Nc1ccc(F)c(Br)c1. The molecule has 0 spiro atoms. The Kier molecular flexibility index (Phi) is 8.14. The molecule has 4 N–H and O–H groups in total. The van der Waals surface area contributed by atoms with Crippen LogP contribution in [-0.4, -0.2) is 38.9 Å². The second kappa shape index (κ2) is 11.7. The first kappa shape index (κ1) is 25.8. The molecule has 1 aromatic heterocycles. The molecule has 3 aromatic carbocycles. The minimum absolute atomic E-state index is 0.0545. The Labute approximate surface area is 220 Å². The van der Waals surface area contributed by atoms with Crippen LogP contribution in [0.2, 0.25) is 0 Å². The van der Waals surface area contributed by atoms with E-state index in [0.717, 1.165) is 5.56 Å². The summed E-state index contributed by atoms with van der Waals surface area (Å²) in [6, 6.07) is 19.9. The molecular weight excluding hydrogens is 545 g/mol. The lowest BCUT2D eigenvalue weighted by atomic mass is 9.83. The van der Waals surface area contributed by atoms with Crippen LogP contribution < -0.4 is 10.6 Å². The molecule has 0 aliphatic rings. The molecule has 37 heavy (non-hydrogen) atoms. The number of phenolic OH excluding ortho intramolecular Hbond substituents is 1. The fourth-order valence-electron chi connectivity index (χ4n) is 3.95. The van der Waals surface area contributed by atoms with Gasteiger partial charge in [-0.2, -0.15) is 0 Å². The lowest BCUT2D eigenvalue weighted by molar-refractivity contribution is 0.0944. The number of aromatic nitrogens is 2. The van der Waals surface area contributed by atoms with E-state index < -0.39 is 17.6 Å². The first-order valence-corrected chi connectivity index (χ1v) is 12.1. The summed E-state index contributed by atoms with van der Waals surface area (Å²) in [5.74, 6) is -1.69. The van der Waals surface area contributed by atoms with E-state index in [1.807, 2.05) is 37.3 Å². The summed E-state index contributed by atoms with van der Waals surface area (Å²) in [6.07, 6.45) is 0. The van der Waals surface area contributed by atoms with Crippen molar-refractivity contribution in [3.8, 4) is 5.75 Å². The number of anilines is 1. The highest BCUT2D eigenvalue weighted by molar-refractivity contribution is 9.10. The summed E-state index contributed by atoms with van der Waals surface area (Å²) < 4.78 is 18.9. The van der Waals surface area contributed by atoms with E-state index in [-0.39, 0.29) is 39.8 Å². The number of carbonyl (C=O) groups is 1. The number of rotatable bonds is 8. The molecule has 4 aromatic rings. The maximum atomic E-state index is 13.7. The summed E-state index contributed by atoms with van der Waals surface area (Å²) in [5, 5.41) is 36.9. The molecule has 0 radical (unpaired) electrons. The van der Waals surface area contributed by atoms with Gasteiger partial charge in [0.1, 0.15) is 17.3 Å². The van der Waals surface area contributed by atoms with E-state index in [1.165, 1.54) is 30.3 Å². The van der Waals surface area contributed by atoms with Crippen molar-refractivity contribution < 1.29 is 24.1 Å². The maximum Gasteiger partial charge on any atom is 0.255 e. The third-order valence-electron chi connectivity index (χ3n) is 5.78. The predicted octanol–water partition coefficient (Wildman–Crippen LogP) is 5.12. The molecule has 2 unspecified atom stereocenters. The van der Waals surface area contributed by atoms with Crippen molar-refractivity contribution in [3.05, 3.63) is 106 Å². The number of aromatic hydroxyl groups is 1. The number of amidine groups is 1. The van der Waals surface area contributed by atoms with E-state index in [4.69, 9.17) is 4.63 Å². The van der Waals surface area contributed by atoms with Gasteiger partial charge in [0.15, 0.2) is 5.69 Å². The maximum absolute atomic E-state index is 13.7. The van der Waals surface area contributed by atoms with Gasteiger partial charge < -0.3 is 20.9 Å². The first-order valence-electron chi connectivity index (χ1n) is 11.3. The van der Waals surface area contributed by atoms with Gasteiger partial charge in [-0.15, -0.1) is 0 Å².